The highest BCUT2D eigenvalue weighted by Crippen LogP contribution is 2.36. The molecule has 1 fully saturated rings. The zero-order valence-corrected chi connectivity index (χ0v) is 15.3. The fourth-order valence-corrected chi connectivity index (χ4v) is 3.82. The minimum Gasteiger partial charge on any atom is -0.507 e. The minimum atomic E-state index is -0.312. The van der Waals surface area contributed by atoms with Crippen molar-refractivity contribution in [2.75, 3.05) is 51.8 Å². The lowest BCUT2D eigenvalue weighted by Gasteiger charge is -2.37. The summed E-state index contributed by atoms with van der Waals surface area (Å²) in [4.78, 5) is 25.9. The quantitative estimate of drug-likeness (QED) is 0.545. The summed E-state index contributed by atoms with van der Waals surface area (Å²) in [6, 6.07) is 9.90. The van der Waals surface area contributed by atoms with Crippen LogP contribution in [0.15, 0.2) is 36.4 Å². The number of ketones is 2. The molecule has 140 valence electrons. The van der Waals surface area contributed by atoms with Gasteiger partial charge in [-0.3, -0.25) is 9.59 Å². The van der Waals surface area contributed by atoms with Gasteiger partial charge in [0.1, 0.15) is 18.8 Å². The van der Waals surface area contributed by atoms with Crippen LogP contribution in [0.3, 0.4) is 0 Å². The van der Waals surface area contributed by atoms with E-state index < -0.39 is 0 Å². The summed E-state index contributed by atoms with van der Waals surface area (Å²) in [5.74, 6) is -0.700. The number of likely N-dealkylation sites (N-methyl/N-ethyl adjacent to an activating group) is 1. The van der Waals surface area contributed by atoms with Crippen LogP contribution in [-0.4, -0.2) is 67.6 Å². The van der Waals surface area contributed by atoms with Gasteiger partial charge in [-0.1, -0.05) is 24.3 Å². The summed E-state index contributed by atoms with van der Waals surface area (Å²) >= 11 is 0. The Morgan fingerprint density at radius 2 is 1.63 bits per heavy atom. The molecule has 1 aliphatic heterocycles. The highest BCUT2D eigenvalue weighted by Gasteiger charge is 2.34. The number of carbonyl (C=O) groups is 2. The fraction of sp³-hybridized carbons (Fsp3) is 0.333. The molecular weight excluding hydrogens is 344 g/mol. The van der Waals surface area contributed by atoms with Crippen LogP contribution in [0, 0.1) is 0 Å². The van der Waals surface area contributed by atoms with Crippen molar-refractivity contribution >= 4 is 17.3 Å². The molecule has 6 nitrogen and oxygen atoms in total. The monoisotopic (exact) mass is 367 g/mol. The maximum atomic E-state index is 13.0. The van der Waals surface area contributed by atoms with Crippen molar-refractivity contribution in [2.24, 2.45) is 0 Å². The Balaban J connectivity index is 1.62. The number of benzene rings is 2. The summed E-state index contributed by atoms with van der Waals surface area (Å²) in [5.41, 5.74) is 1.68. The number of hydrogen-bond donors (Lipinski definition) is 2. The third-order valence-corrected chi connectivity index (χ3v) is 5.57. The van der Waals surface area contributed by atoms with Crippen molar-refractivity contribution in [3.8, 4) is 5.75 Å². The SMILES string of the molecule is C[N+]1(CCNc2ccc(O)c3c2C(=O)c2ccccc2C3=O)CCOCC1. The molecule has 1 aliphatic carbocycles. The number of ether oxygens (including phenoxy) is 1. The molecule has 0 spiro atoms. The van der Waals surface area contributed by atoms with Gasteiger partial charge in [0.2, 0.25) is 0 Å². The van der Waals surface area contributed by atoms with Gasteiger partial charge >= 0.3 is 0 Å². The number of fused-ring (bicyclic) bond motifs is 2. The Morgan fingerprint density at radius 3 is 2.30 bits per heavy atom. The second-order valence-electron chi connectivity index (χ2n) is 7.42. The number of carbonyl (C=O) groups excluding carboxylic acids is 2. The molecule has 2 aliphatic rings. The Bertz CT molecular complexity index is 916. The number of rotatable bonds is 4. The van der Waals surface area contributed by atoms with E-state index in [2.05, 4.69) is 12.4 Å². The molecule has 2 aromatic rings. The van der Waals surface area contributed by atoms with Crippen LogP contribution in [0.4, 0.5) is 5.69 Å². The van der Waals surface area contributed by atoms with Gasteiger partial charge in [0.25, 0.3) is 0 Å². The predicted molar refractivity (Wildman–Crippen MR) is 102 cm³/mol. The van der Waals surface area contributed by atoms with Crippen LogP contribution in [0.25, 0.3) is 0 Å². The molecule has 4 rings (SSSR count). The molecule has 0 saturated carbocycles. The lowest BCUT2D eigenvalue weighted by Crippen LogP contribution is -2.53. The van der Waals surface area contributed by atoms with Gasteiger partial charge in [-0.25, -0.2) is 0 Å². The topological polar surface area (TPSA) is 75.6 Å². The smallest absolute Gasteiger partial charge is 0.198 e. The van der Waals surface area contributed by atoms with Crippen LogP contribution in [0.2, 0.25) is 0 Å². The van der Waals surface area contributed by atoms with Crippen molar-refractivity contribution in [2.45, 2.75) is 0 Å². The standard InChI is InChI=1S/C21H22N2O4/c1-23(10-12-27-13-11-23)9-8-22-16-6-7-17(24)19-18(16)20(25)14-4-2-3-5-15(14)21(19)26/h2-7H,8-13H2,1H3,(H-,22,24,25,26)/p+1. The third kappa shape index (κ3) is 3.11. The van der Waals surface area contributed by atoms with Crippen molar-refractivity contribution in [1.29, 1.82) is 0 Å². The number of anilines is 1. The Morgan fingerprint density at radius 1 is 1.00 bits per heavy atom. The van der Waals surface area contributed by atoms with E-state index in [0.29, 0.717) is 23.4 Å². The van der Waals surface area contributed by atoms with Gasteiger partial charge in [0, 0.05) is 16.8 Å². The first-order valence-electron chi connectivity index (χ1n) is 9.20. The molecule has 1 saturated heterocycles. The van der Waals surface area contributed by atoms with Gasteiger partial charge in [0.15, 0.2) is 11.6 Å². The molecule has 2 aromatic carbocycles. The first-order chi connectivity index (χ1) is 13.0. The number of aromatic hydroxyl groups is 1. The largest absolute Gasteiger partial charge is 0.507 e. The van der Waals surface area contributed by atoms with E-state index in [-0.39, 0.29) is 28.4 Å². The van der Waals surface area contributed by atoms with Gasteiger partial charge in [-0.15, -0.1) is 0 Å². The van der Waals surface area contributed by atoms with Crippen molar-refractivity contribution < 1.29 is 23.9 Å². The Labute approximate surface area is 158 Å². The first kappa shape index (κ1) is 17.7. The molecule has 0 unspecified atom stereocenters. The molecule has 2 N–H and O–H groups in total. The number of hydrogen-bond acceptors (Lipinski definition) is 5. The zero-order chi connectivity index (χ0) is 19.0. The van der Waals surface area contributed by atoms with Crippen molar-refractivity contribution in [1.82, 2.24) is 0 Å². The molecule has 27 heavy (non-hydrogen) atoms. The van der Waals surface area contributed by atoms with Crippen LogP contribution in [0.5, 0.6) is 5.75 Å². The lowest BCUT2D eigenvalue weighted by molar-refractivity contribution is -0.915. The second kappa shape index (κ2) is 6.79. The number of nitrogens with zero attached hydrogens (tertiary/aromatic N) is 1. The van der Waals surface area contributed by atoms with Crippen molar-refractivity contribution in [3.05, 3.63) is 58.7 Å². The molecule has 0 aromatic heterocycles. The molecule has 0 radical (unpaired) electrons. The summed E-state index contributed by atoms with van der Waals surface area (Å²) < 4.78 is 6.34. The third-order valence-electron chi connectivity index (χ3n) is 5.57. The van der Waals surface area contributed by atoms with Crippen molar-refractivity contribution in [3.63, 3.8) is 0 Å². The summed E-state index contributed by atoms with van der Waals surface area (Å²) in [6.45, 7) is 4.98. The maximum Gasteiger partial charge on any atom is 0.198 e. The minimum absolute atomic E-state index is 0.0930. The summed E-state index contributed by atoms with van der Waals surface area (Å²) in [5, 5.41) is 13.6. The molecular formula is C21H23N2O4+. The maximum absolute atomic E-state index is 13.0. The zero-order valence-electron chi connectivity index (χ0n) is 15.3. The van der Waals surface area contributed by atoms with E-state index in [4.69, 9.17) is 4.74 Å². The average molecular weight is 367 g/mol. The average Bonchev–Trinajstić information content (AvgIpc) is 2.67. The highest BCUT2D eigenvalue weighted by molar-refractivity contribution is 6.31. The van der Waals surface area contributed by atoms with E-state index >= 15 is 0 Å². The highest BCUT2D eigenvalue weighted by atomic mass is 16.5. The lowest BCUT2D eigenvalue weighted by atomic mass is 9.82. The van der Waals surface area contributed by atoms with Gasteiger partial charge in [0.05, 0.1) is 44.5 Å². The van der Waals surface area contributed by atoms with Crippen LogP contribution in [-0.2, 0) is 4.74 Å². The van der Waals surface area contributed by atoms with Crippen LogP contribution in [0.1, 0.15) is 31.8 Å². The van der Waals surface area contributed by atoms with E-state index in [1.165, 1.54) is 6.07 Å². The number of morpholine rings is 1. The number of quaternary nitrogens is 1. The van der Waals surface area contributed by atoms with Crippen LogP contribution < -0.4 is 5.32 Å². The van der Waals surface area contributed by atoms with E-state index in [1.807, 2.05) is 0 Å². The number of nitrogens with one attached hydrogen (secondary N) is 1. The predicted octanol–water partition coefficient (Wildman–Crippen LogP) is 2.06. The first-order valence-corrected chi connectivity index (χ1v) is 9.20. The fourth-order valence-electron chi connectivity index (χ4n) is 3.82. The number of phenolic OH excluding ortho intramolecular Hbond substituents is 1. The Hall–Kier alpha value is -2.70. The molecule has 6 heteroatoms. The van der Waals surface area contributed by atoms with Gasteiger partial charge < -0.3 is 19.6 Å². The second-order valence-corrected chi connectivity index (χ2v) is 7.42. The molecule has 0 amide bonds. The van der Waals surface area contributed by atoms with E-state index in [1.54, 1.807) is 30.3 Å². The van der Waals surface area contributed by atoms with Gasteiger partial charge in [-0.2, -0.15) is 0 Å². The number of phenols is 1. The van der Waals surface area contributed by atoms with E-state index in [9.17, 15) is 14.7 Å². The summed E-state index contributed by atoms with van der Waals surface area (Å²) in [6.07, 6.45) is 0. The Kier molecular flexibility index (Phi) is 4.45. The normalized spacial score (nSPS) is 18.0. The molecule has 1 heterocycles. The molecule has 0 bridgehead atoms. The van der Waals surface area contributed by atoms with Crippen LogP contribution >= 0.6 is 0 Å². The molecule has 0 atom stereocenters. The van der Waals surface area contributed by atoms with E-state index in [0.717, 1.165) is 37.3 Å². The summed E-state index contributed by atoms with van der Waals surface area (Å²) in [7, 11) is 2.20. The van der Waals surface area contributed by atoms with Gasteiger partial charge in [-0.05, 0) is 12.1 Å².